The van der Waals surface area contributed by atoms with Crippen molar-refractivity contribution in [2.45, 2.75) is 13.5 Å². The minimum absolute atomic E-state index is 0.310. The van der Waals surface area contributed by atoms with Gasteiger partial charge in [-0.15, -0.1) is 0 Å². The highest BCUT2D eigenvalue weighted by Crippen LogP contribution is 2.33. The molecular formula is C17H17FN2O. The fourth-order valence-corrected chi connectivity index (χ4v) is 2.20. The minimum Gasteiger partial charge on any atom is -0.496 e. The molecule has 0 fully saturated rings. The number of nitrogens with zero attached hydrogens (tertiary/aromatic N) is 1. The maximum atomic E-state index is 13.6. The number of nitriles is 1. The van der Waals surface area contributed by atoms with Gasteiger partial charge in [0, 0.05) is 12.1 Å². The van der Waals surface area contributed by atoms with Crippen LogP contribution in [0.3, 0.4) is 0 Å². The summed E-state index contributed by atoms with van der Waals surface area (Å²) in [6, 6.07) is 11.9. The van der Waals surface area contributed by atoms with Gasteiger partial charge in [-0.1, -0.05) is 13.0 Å². The topological polar surface area (TPSA) is 45.0 Å². The molecule has 0 aliphatic carbocycles. The van der Waals surface area contributed by atoms with Crippen molar-refractivity contribution in [3.05, 3.63) is 53.3 Å². The van der Waals surface area contributed by atoms with Crippen LogP contribution in [0, 0.1) is 17.1 Å². The van der Waals surface area contributed by atoms with Crippen LogP contribution in [-0.2, 0) is 6.54 Å². The zero-order valence-corrected chi connectivity index (χ0v) is 12.1. The molecule has 0 saturated heterocycles. The van der Waals surface area contributed by atoms with Crippen molar-refractivity contribution in [2.24, 2.45) is 0 Å². The highest BCUT2D eigenvalue weighted by atomic mass is 19.1. The summed E-state index contributed by atoms with van der Waals surface area (Å²) in [6.07, 6.45) is 0. The van der Waals surface area contributed by atoms with Gasteiger partial charge in [-0.05, 0) is 48.0 Å². The lowest BCUT2D eigenvalue weighted by molar-refractivity contribution is 0.416. The average Bonchev–Trinajstić information content (AvgIpc) is 2.53. The summed E-state index contributed by atoms with van der Waals surface area (Å²) in [5, 5.41) is 12.3. The van der Waals surface area contributed by atoms with Crippen LogP contribution >= 0.6 is 0 Å². The predicted octanol–water partition coefficient (Wildman–Crippen LogP) is 3.48. The smallest absolute Gasteiger partial charge is 0.126 e. The van der Waals surface area contributed by atoms with E-state index in [0.717, 1.165) is 23.2 Å². The van der Waals surface area contributed by atoms with Gasteiger partial charge in [-0.2, -0.15) is 5.26 Å². The molecule has 0 radical (unpaired) electrons. The molecule has 0 aromatic heterocycles. The summed E-state index contributed by atoms with van der Waals surface area (Å²) < 4.78 is 19.0. The number of hydrogen-bond acceptors (Lipinski definition) is 3. The van der Waals surface area contributed by atoms with E-state index >= 15 is 0 Å². The molecule has 0 aliphatic heterocycles. The second kappa shape index (κ2) is 6.87. The molecule has 4 heteroatoms. The standard InChI is InChI=1S/C17H17FN2O/c1-3-20-11-13-5-6-14(18)9-15(13)16-8-12(10-19)4-7-17(16)21-2/h4-9,20H,3,11H2,1-2H3. The van der Waals surface area contributed by atoms with Gasteiger partial charge in [0.2, 0.25) is 0 Å². The van der Waals surface area contributed by atoms with Gasteiger partial charge in [-0.3, -0.25) is 0 Å². The van der Waals surface area contributed by atoms with E-state index in [9.17, 15) is 4.39 Å². The van der Waals surface area contributed by atoms with Gasteiger partial charge in [0.15, 0.2) is 0 Å². The Bertz CT molecular complexity index is 677. The van der Waals surface area contributed by atoms with Gasteiger partial charge in [0.1, 0.15) is 11.6 Å². The number of hydrogen-bond donors (Lipinski definition) is 1. The number of halogens is 1. The Balaban J connectivity index is 2.59. The summed E-state index contributed by atoms with van der Waals surface area (Å²) in [6.45, 7) is 3.47. The second-order valence-electron chi connectivity index (χ2n) is 4.61. The number of methoxy groups -OCH3 is 1. The van der Waals surface area contributed by atoms with Crippen molar-refractivity contribution in [3.8, 4) is 22.9 Å². The minimum atomic E-state index is -0.310. The summed E-state index contributed by atoms with van der Waals surface area (Å²) in [4.78, 5) is 0. The Morgan fingerprint density at radius 2 is 2.00 bits per heavy atom. The van der Waals surface area contributed by atoms with Crippen LogP contribution < -0.4 is 10.1 Å². The third kappa shape index (κ3) is 3.39. The van der Waals surface area contributed by atoms with Crippen molar-refractivity contribution in [1.29, 1.82) is 5.26 Å². The van der Waals surface area contributed by atoms with E-state index in [1.54, 1.807) is 31.4 Å². The van der Waals surface area contributed by atoms with Crippen LogP contribution in [0.15, 0.2) is 36.4 Å². The largest absolute Gasteiger partial charge is 0.496 e. The molecule has 0 aliphatic rings. The Morgan fingerprint density at radius 3 is 2.67 bits per heavy atom. The fourth-order valence-electron chi connectivity index (χ4n) is 2.20. The molecule has 0 spiro atoms. The van der Waals surface area contributed by atoms with E-state index in [1.165, 1.54) is 12.1 Å². The van der Waals surface area contributed by atoms with E-state index in [1.807, 2.05) is 6.92 Å². The van der Waals surface area contributed by atoms with E-state index < -0.39 is 0 Å². The number of rotatable bonds is 5. The van der Waals surface area contributed by atoms with Gasteiger partial charge < -0.3 is 10.1 Å². The molecule has 0 unspecified atom stereocenters. The maximum absolute atomic E-state index is 13.6. The molecule has 21 heavy (non-hydrogen) atoms. The molecular weight excluding hydrogens is 267 g/mol. The molecule has 0 saturated carbocycles. The summed E-state index contributed by atoms with van der Waals surface area (Å²) in [7, 11) is 1.56. The average molecular weight is 284 g/mol. The van der Waals surface area contributed by atoms with Crippen LogP contribution in [-0.4, -0.2) is 13.7 Å². The van der Waals surface area contributed by atoms with E-state index in [4.69, 9.17) is 10.00 Å². The van der Waals surface area contributed by atoms with Gasteiger partial charge in [0.25, 0.3) is 0 Å². The zero-order valence-electron chi connectivity index (χ0n) is 12.1. The molecule has 0 amide bonds. The first-order chi connectivity index (χ1) is 10.2. The molecule has 0 bridgehead atoms. The first-order valence-corrected chi connectivity index (χ1v) is 6.77. The van der Waals surface area contributed by atoms with Gasteiger partial charge in [-0.25, -0.2) is 4.39 Å². The van der Waals surface area contributed by atoms with Crippen molar-refractivity contribution in [1.82, 2.24) is 5.32 Å². The lowest BCUT2D eigenvalue weighted by Crippen LogP contribution is -2.12. The Hall–Kier alpha value is -2.38. The SMILES string of the molecule is CCNCc1ccc(F)cc1-c1cc(C#N)ccc1OC. The van der Waals surface area contributed by atoms with E-state index in [0.29, 0.717) is 17.9 Å². The highest BCUT2D eigenvalue weighted by molar-refractivity contribution is 5.75. The first-order valence-electron chi connectivity index (χ1n) is 6.77. The van der Waals surface area contributed by atoms with Crippen LogP contribution in [0.4, 0.5) is 4.39 Å². The van der Waals surface area contributed by atoms with Crippen LogP contribution in [0.5, 0.6) is 5.75 Å². The Labute approximate surface area is 124 Å². The van der Waals surface area contributed by atoms with Crippen LogP contribution in [0.25, 0.3) is 11.1 Å². The monoisotopic (exact) mass is 284 g/mol. The molecule has 108 valence electrons. The number of benzene rings is 2. The summed E-state index contributed by atoms with van der Waals surface area (Å²) >= 11 is 0. The van der Waals surface area contributed by atoms with Crippen molar-refractivity contribution in [3.63, 3.8) is 0 Å². The van der Waals surface area contributed by atoms with Crippen LogP contribution in [0.2, 0.25) is 0 Å². The maximum Gasteiger partial charge on any atom is 0.126 e. The van der Waals surface area contributed by atoms with E-state index in [-0.39, 0.29) is 5.82 Å². The molecule has 3 nitrogen and oxygen atoms in total. The fraction of sp³-hybridized carbons (Fsp3) is 0.235. The third-order valence-corrected chi connectivity index (χ3v) is 3.26. The van der Waals surface area contributed by atoms with Gasteiger partial charge in [0.05, 0.1) is 18.7 Å². The first kappa shape index (κ1) is 15.0. The second-order valence-corrected chi connectivity index (χ2v) is 4.61. The quantitative estimate of drug-likeness (QED) is 0.914. The lowest BCUT2D eigenvalue weighted by Gasteiger charge is -2.14. The van der Waals surface area contributed by atoms with Crippen molar-refractivity contribution < 1.29 is 9.13 Å². The third-order valence-electron chi connectivity index (χ3n) is 3.26. The van der Waals surface area contributed by atoms with Crippen molar-refractivity contribution in [2.75, 3.05) is 13.7 Å². The number of nitrogens with one attached hydrogen (secondary N) is 1. The normalized spacial score (nSPS) is 10.2. The predicted molar refractivity (Wildman–Crippen MR) is 80.5 cm³/mol. The van der Waals surface area contributed by atoms with Crippen LogP contribution in [0.1, 0.15) is 18.1 Å². The highest BCUT2D eigenvalue weighted by Gasteiger charge is 2.12. The van der Waals surface area contributed by atoms with Gasteiger partial charge >= 0.3 is 0 Å². The van der Waals surface area contributed by atoms with Crippen molar-refractivity contribution >= 4 is 0 Å². The molecule has 1 N–H and O–H groups in total. The molecule has 2 aromatic carbocycles. The molecule has 2 rings (SSSR count). The Morgan fingerprint density at radius 1 is 1.19 bits per heavy atom. The molecule has 0 heterocycles. The Kier molecular flexibility index (Phi) is 4.91. The molecule has 0 atom stereocenters. The number of ether oxygens (including phenoxy) is 1. The molecule has 2 aromatic rings. The van der Waals surface area contributed by atoms with E-state index in [2.05, 4.69) is 11.4 Å². The zero-order chi connectivity index (χ0) is 15.2. The summed E-state index contributed by atoms with van der Waals surface area (Å²) in [5.41, 5.74) is 2.95. The lowest BCUT2D eigenvalue weighted by atomic mass is 9.97. The summed E-state index contributed by atoms with van der Waals surface area (Å²) in [5.74, 6) is 0.312.